The summed E-state index contributed by atoms with van der Waals surface area (Å²) in [5, 5.41) is 5.82. The number of hydrogen-bond acceptors (Lipinski definition) is 3. The third-order valence-electron chi connectivity index (χ3n) is 8.03. The molecule has 1 fully saturated rings. The van der Waals surface area contributed by atoms with Crippen molar-refractivity contribution in [2.24, 2.45) is 0 Å². The van der Waals surface area contributed by atoms with Crippen LogP contribution in [-0.4, -0.2) is 27.7 Å². The van der Waals surface area contributed by atoms with Crippen molar-refractivity contribution in [1.29, 1.82) is 0 Å². The number of carbonyl (C=O) groups excluding carboxylic acids is 1. The molecule has 0 amide bonds. The SMILES string of the molecule is COc1ccc2[nH]c(C)c(C(C(=O)c3ccc(Cl)cc3)=c3[nH]n(C4CCCCC4)c(=O)c3=Cc3ccccc3)c2c1. The van der Waals surface area contributed by atoms with Crippen molar-refractivity contribution in [3.8, 4) is 5.75 Å². The number of fused-ring (bicyclic) bond motifs is 1. The Bertz CT molecular complexity index is 1910. The van der Waals surface area contributed by atoms with Crippen LogP contribution in [0.5, 0.6) is 5.75 Å². The van der Waals surface area contributed by atoms with Crippen molar-refractivity contribution in [3.63, 3.8) is 0 Å². The van der Waals surface area contributed by atoms with Gasteiger partial charge in [0.1, 0.15) is 5.75 Å². The van der Waals surface area contributed by atoms with Crippen LogP contribution in [0, 0.1) is 6.92 Å². The minimum absolute atomic E-state index is 0.0592. The molecule has 0 atom stereocenters. The molecule has 208 valence electrons. The van der Waals surface area contributed by atoms with Crippen LogP contribution in [0.2, 0.25) is 5.02 Å². The quantitative estimate of drug-likeness (QED) is 0.246. The van der Waals surface area contributed by atoms with E-state index in [1.807, 2.05) is 61.5 Å². The number of methoxy groups -OCH3 is 1. The summed E-state index contributed by atoms with van der Waals surface area (Å²) in [5.74, 6) is 0.480. The van der Waals surface area contributed by atoms with E-state index in [2.05, 4.69) is 10.1 Å². The first-order valence-corrected chi connectivity index (χ1v) is 14.4. The predicted molar refractivity (Wildman–Crippen MR) is 164 cm³/mol. The van der Waals surface area contributed by atoms with E-state index >= 15 is 0 Å². The van der Waals surface area contributed by atoms with Gasteiger partial charge in [0.15, 0.2) is 5.78 Å². The number of benzene rings is 3. The summed E-state index contributed by atoms with van der Waals surface area (Å²) >= 11 is 6.18. The summed E-state index contributed by atoms with van der Waals surface area (Å²) in [6.45, 7) is 1.95. The molecule has 3 aromatic carbocycles. The number of hydrogen-bond donors (Lipinski definition) is 2. The lowest BCUT2D eigenvalue weighted by Crippen LogP contribution is -2.38. The third-order valence-corrected chi connectivity index (χ3v) is 8.28. The molecule has 1 saturated carbocycles. The molecule has 2 aromatic heterocycles. The Balaban J connectivity index is 1.76. The molecule has 41 heavy (non-hydrogen) atoms. The van der Waals surface area contributed by atoms with E-state index in [-0.39, 0.29) is 17.4 Å². The zero-order chi connectivity index (χ0) is 28.5. The van der Waals surface area contributed by atoms with E-state index in [1.165, 1.54) is 6.42 Å². The Morgan fingerprint density at radius 3 is 2.44 bits per heavy atom. The largest absolute Gasteiger partial charge is 0.497 e. The number of H-pyrrole nitrogens is 2. The van der Waals surface area contributed by atoms with E-state index in [1.54, 1.807) is 36.1 Å². The summed E-state index contributed by atoms with van der Waals surface area (Å²) in [7, 11) is 1.62. The number of nitrogens with zero attached hydrogens (tertiary/aromatic N) is 1. The van der Waals surface area contributed by atoms with Crippen LogP contribution in [0.3, 0.4) is 0 Å². The third kappa shape index (κ3) is 5.16. The van der Waals surface area contributed by atoms with Gasteiger partial charge in [-0.1, -0.05) is 61.2 Å². The fourth-order valence-corrected chi connectivity index (χ4v) is 6.08. The Morgan fingerprint density at radius 2 is 1.73 bits per heavy atom. The van der Waals surface area contributed by atoms with Crippen LogP contribution in [0.15, 0.2) is 77.6 Å². The van der Waals surface area contributed by atoms with Gasteiger partial charge in [0.25, 0.3) is 5.56 Å². The summed E-state index contributed by atoms with van der Waals surface area (Å²) in [6.07, 6.45) is 7.05. The summed E-state index contributed by atoms with van der Waals surface area (Å²) in [6, 6.07) is 22.5. The normalized spacial score (nSPS) is 15.3. The number of ketones is 1. The van der Waals surface area contributed by atoms with E-state index in [9.17, 15) is 9.59 Å². The van der Waals surface area contributed by atoms with Crippen molar-refractivity contribution in [1.82, 2.24) is 14.8 Å². The molecule has 0 radical (unpaired) electrons. The first-order valence-electron chi connectivity index (χ1n) is 14.0. The number of Topliss-reactive ketones (excluding diaryl/α,β-unsaturated/α-hetero) is 1. The topological polar surface area (TPSA) is 79.9 Å². The first-order chi connectivity index (χ1) is 19.9. The minimum Gasteiger partial charge on any atom is -0.497 e. The fraction of sp³-hybridized carbons (Fsp3) is 0.235. The standard InChI is InChI=1S/C34H32ClN3O3/c1-21-30(27-20-26(41-2)17-18-29(27)36-21)31(33(39)23-13-15-24(35)16-14-23)32-28(19-22-9-5-3-6-10-22)34(40)38(37-32)25-11-7-4-8-12-25/h3,5-6,9-10,13-20,25,36-37H,4,7-8,11-12H2,1-2H3. The molecule has 7 heteroatoms. The summed E-state index contributed by atoms with van der Waals surface area (Å²) < 4.78 is 7.30. The smallest absolute Gasteiger partial charge is 0.274 e. The van der Waals surface area contributed by atoms with Crippen LogP contribution < -0.4 is 20.9 Å². The van der Waals surface area contributed by atoms with Gasteiger partial charge in [-0.3, -0.25) is 14.7 Å². The van der Waals surface area contributed by atoms with Crippen molar-refractivity contribution >= 4 is 39.9 Å². The number of aryl methyl sites for hydroxylation is 1. The summed E-state index contributed by atoms with van der Waals surface area (Å²) in [5.41, 5.74) is 4.11. The molecular formula is C34H32ClN3O3. The minimum atomic E-state index is -0.201. The number of nitrogens with one attached hydrogen (secondary N) is 2. The molecule has 0 bridgehead atoms. The number of carbonyl (C=O) groups is 1. The predicted octanol–water partition coefficient (Wildman–Crippen LogP) is 6.04. The number of ether oxygens (including phenoxy) is 1. The highest BCUT2D eigenvalue weighted by Gasteiger charge is 2.25. The average Bonchev–Trinajstić information content (AvgIpc) is 3.50. The number of aromatic amines is 2. The zero-order valence-corrected chi connectivity index (χ0v) is 23.9. The second-order valence-corrected chi connectivity index (χ2v) is 11.1. The van der Waals surface area contributed by atoms with Gasteiger partial charge in [0.05, 0.1) is 29.3 Å². The van der Waals surface area contributed by atoms with Gasteiger partial charge < -0.3 is 9.72 Å². The van der Waals surface area contributed by atoms with E-state index in [4.69, 9.17) is 16.3 Å². The second-order valence-electron chi connectivity index (χ2n) is 10.7. The van der Waals surface area contributed by atoms with E-state index in [0.29, 0.717) is 32.5 Å². The lowest BCUT2D eigenvalue weighted by atomic mass is 9.93. The summed E-state index contributed by atoms with van der Waals surface area (Å²) in [4.78, 5) is 32.1. The number of rotatable bonds is 6. The maximum Gasteiger partial charge on any atom is 0.274 e. The molecule has 0 unspecified atom stereocenters. The fourth-order valence-electron chi connectivity index (χ4n) is 5.96. The Labute approximate surface area is 242 Å². The first kappa shape index (κ1) is 26.9. The highest BCUT2D eigenvalue weighted by molar-refractivity contribution is 6.32. The highest BCUT2D eigenvalue weighted by atomic mass is 35.5. The van der Waals surface area contributed by atoms with Gasteiger partial charge >= 0.3 is 0 Å². The van der Waals surface area contributed by atoms with Crippen molar-refractivity contribution in [2.75, 3.05) is 7.11 Å². The number of halogens is 1. The molecule has 0 saturated heterocycles. The average molecular weight is 566 g/mol. The molecular weight excluding hydrogens is 534 g/mol. The molecule has 6 nitrogen and oxygen atoms in total. The Hall–Kier alpha value is -4.29. The van der Waals surface area contributed by atoms with Gasteiger partial charge in [0, 0.05) is 32.7 Å². The van der Waals surface area contributed by atoms with Crippen LogP contribution in [0.4, 0.5) is 0 Å². The van der Waals surface area contributed by atoms with E-state index < -0.39 is 0 Å². The molecule has 2 heterocycles. The zero-order valence-electron chi connectivity index (χ0n) is 23.2. The molecule has 5 aromatic rings. The van der Waals surface area contributed by atoms with Crippen molar-refractivity contribution in [2.45, 2.75) is 45.1 Å². The Morgan fingerprint density at radius 1 is 1.00 bits per heavy atom. The van der Waals surface area contributed by atoms with Gasteiger partial charge in [-0.25, -0.2) is 4.68 Å². The lowest BCUT2D eigenvalue weighted by Gasteiger charge is -2.21. The van der Waals surface area contributed by atoms with Gasteiger partial charge in [-0.15, -0.1) is 0 Å². The Kier molecular flexibility index (Phi) is 7.41. The second kappa shape index (κ2) is 11.3. The number of aromatic nitrogens is 3. The van der Waals surface area contributed by atoms with Crippen molar-refractivity contribution in [3.05, 3.63) is 121 Å². The van der Waals surface area contributed by atoms with Gasteiger partial charge in [-0.05, 0) is 73.9 Å². The monoisotopic (exact) mass is 565 g/mol. The van der Waals surface area contributed by atoms with Crippen LogP contribution >= 0.6 is 11.6 Å². The van der Waals surface area contributed by atoms with Crippen LogP contribution in [0.25, 0.3) is 22.6 Å². The molecule has 6 rings (SSSR count). The van der Waals surface area contributed by atoms with E-state index in [0.717, 1.165) is 53.4 Å². The molecule has 0 aliphatic heterocycles. The van der Waals surface area contributed by atoms with Crippen LogP contribution in [0.1, 0.15) is 65.3 Å². The van der Waals surface area contributed by atoms with Gasteiger partial charge in [-0.2, -0.15) is 0 Å². The lowest BCUT2D eigenvalue weighted by molar-refractivity contribution is 0.105. The molecule has 1 aliphatic carbocycles. The molecule has 1 aliphatic rings. The maximum absolute atomic E-state index is 14.5. The molecule has 2 N–H and O–H groups in total. The maximum atomic E-state index is 14.5. The van der Waals surface area contributed by atoms with Crippen LogP contribution in [-0.2, 0) is 0 Å². The van der Waals surface area contributed by atoms with Crippen molar-refractivity contribution < 1.29 is 9.53 Å². The molecule has 0 spiro atoms. The highest BCUT2D eigenvalue weighted by Crippen LogP contribution is 2.32. The van der Waals surface area contributed by atoms with Gasteiger partial charge in [0.2, 0.25) is 0 Å².